The summed E-state index contributed by atoms with van der Waals surface area (Å²) >= 11 is 0. The van der Waals surface area contributed by atoms with E-state index < -0.39 is 14.1 Å². The summed E-state index contributed by atoms with van der Waals surface area (Å²) in [4.78, 5) is 10.7. The van der Waals surface area contributed by atoms with Crippen molar-refractivity contribution in [2.75, 3.05) is 20.3 Å². The van der Waals surface area contributed by atoms with Gasteiger partial charge in [-0.15, -0.1) is 0 Å². The quantitative estimate of drug-likeness (QED) is 0.501. The molecule has 2 atom stereocenters. The Morgan fingerprint density at radius 2 is 1.93 bits per heavy atom. The number of rotatable bonds is 8. The summed E-state index contributed by atoms with van der Waals surface area (Å²) in [5, 5.41) is 2.55. The molecule has 0 rings (SSSR count). The van der Waals surface area contributed by atoms with Crippen LogP contribution in [-0.2, 0) is 18.8 Å². The molecule has 0 fully saturated rings. The van der Waals surface area contributed by atoms with E-state index in [1.54, 1.807) is 14.0 Å². The summed E-state index contributed by atoms with van der Waals surface area (Å²) in [5.41, 5.74) is -1.28. The van der Waals surface area contributed by atoms with Gasteiger partial charge >= 0.3 is 8.61 Å². The average molecular weight is 236 g/mol. The van der Waals surface area contributed by atoms with Crippen LogP contribution >= 0.6 is 8.61 Å². The molecule has 0 aromatic heterocycles. The van der Waals surface area contributed by atoms with E-state index in [1.165, 1.54) is 0 Å². The fourth-order valence-corrected chi connectivity index (χ4v) is 1.15. The molecule has 2 unspecified atom stereocenters. The lowest BCUT2D eigenvalue weighted by Gasteiger charge is -2.25. The normalized spacial score (nSPS) is 16.3. The van der Waals surface area contributed by atoms with E-state index in [2.05, 4.69) is 5.09 Å². The Balaban J connectivity index is 4.02. The van der Waals surface area contributed by atoms with Crippen molar-refractivity contribution < 1.29 is 18.8 Å². The molecule has 0 bridgehead atoms. The van der Waals surface area contributed by atoms with E-state index >= 15 is 0 Å². The fraction of sp³-hybridized carbons (Fsp3) is 0.889. The Labute approximate surface area is 91.8 Å². The van der Waals surface area contributed by atoms with Gasteiger partial charge in [-0.25, -0.2) is 0 Å². The maximum absolute atomic E-state index is 10.7. The van der Waals surface area contributed by atoms with Crippen LogP contribution in [0.25, 0.3) is 0 Å². The van der Waals surface area contributed by atoms with Crippen LogP contribution < -0.4 is 5.09 Å². The molecule has 0 amide bonds. The van der Waals surface area contributed by atoms with Crippen LogP contribution in [0.15, 0.2) is 0 Å². The Morgan fingerprint density at radius 1 is 1.33 bits per heavy atom. The number of methoxy groups -OCH3 is 1. The van der Waals surface area contributed by atoms with Gasteiger partial charge < -0.3 is 14.3 Å². The molecule has 0 aromatic rings. The number of aldehydes is 1. The Morgan fingerprint density at radius 3 is 2.33 bits per heavy atom. The van der Waals surface area contributed by atoms with Crippen LogP contribution in [-0.4, -0.2) is 37.7 Å². The van der Waals surface area contributed by atoms with Gasteiger partial charge in [0.1, 0.15) is 11.8 Å². The first-order valence-corrected chi connectivity index (χ1v) is 5.53. The molecule has 1 N–H and O–H groups in total. The standard InChI is InChI=1S/C9H18NO4P/c1-8(2,13-4)6-14-7-9(3,5-11)10-15-12/h5H,6-7H2,1-4H3,(H,10,12)/p+1. The second-order valence-corrected chi connectivity index (χ2v) is 4.67. The van der Waals surface area contributed by atoms with E-state index in [0.717, 1.165) is 0 Å². The molecule has 0 saturated heterocycles. The van der Waals surface area contributed by atoms with E-state index in [-0.39, 0.29) is 12.2 Å². The lowest BCUT2D eigenvalue weighted by atomic mass is 10.1. The Hall–Kier alpha value is -0.350. The monoisotopic (exact) mass is 236 g/mol. The van der Waals surface area contributed by atoms with Crippen LogP contribution in [0.4, 0.5) is 0 Å². The van der Waals surface area contributed by atoms with Gasteiger partial charge in [0.25, 0.3) is 0 Å². The molecule has 0 spiro atoms. The maximum Gasteiger partial charge on any atom is 0.419 e. The van der Waals surface area contributed by atoms with Gasteiger partial charge in [-0.05, 0) is 20.8 Å². The van der Waals surface area contributed by atoms with Crippen LogP contribution in [0.5, 0.6) is 0 Å². The van der Waals surface area contributed by atoms with Crippen molar-refractivity contribution in [1.82, 2.24) is 5.09 Å². The lowest BCUT2D eigenvalue weighted by molar-refractivity contribution is -0.116. The minimum absolute atomic E-state index is 0.165. The summed E-state index contributed by atoms with van der Waals surface area (Å²) in [6, 6.07) is 0. The van der Waals surface area contributed by atoms with Crippen molar-refractivity contribution >= 4 is 14.9 Å². The molecule has 0 aromatic carbocycles. The van der Waals surface area contributed by atoms with E-state index in [1.807, 2.05) is 13.8 Å². The second kappa shape index (κ2) is 6.28. The van der Waals surface area contributed by atoms with Gasteiger partial charge in [0.2, 0.25) is 0 Å². The number of carbonyl (C=O) groups is 1. The van der Waals surface area contributed by atoms with Crippen molar-refractivity contribution in [2.24, 2.45) is 0 Å². The van der Waals surface area contributed by atoms with Gasteiger partial charge in [0, 0.05) is 7.11 Å². The van der Waals surface area contributed by atoms with Crippen LogP contribution in [0.1, 0.15) is 20.8 Å². The van der Waals surface area contributed by atoms with Crippen molar-refractivity contribution in [1.29, 1.82) is 0 Å². The average Bonchev–Trinajstić information content (AvgIpc) is 2.18. The smallest absolute Gasteiger partial charge is 0.376 e. The van der Waals surface area contributed by atoms with E-state index in [9.17, 15) is 9.36 Å². The zero-order valence-corrected chi connectivity index (χ0v) is 10.6. The third kappa shape index (κ3) is 5.95. The fourth-order valence-electron chi connectivity index (χ4n) is 0.784. The van der Waals surface area contributed by atoms with Gasteiger partial charge in [0.05, 0.1) is 18.8 Å². The summed E-state index contributed by atoms with van der Waals surface area (Å²) in [6.07, 6.45) is 0.692. The number of ether oxygens (including phenoxy) is 2. The summed E-state index contributed by atoms with van der Waals surface area (Å²) in [5.74, 6) is 0. The van der Waals surface area contributed by atoms with E-state index in [4.69, 9.17) is 9.47 Å². The Kier molecular flexibility index (Phi) is 6.13. The number of carbonyl (C=O) groups excluding carboxylic acids is 1. The minimum atomic E-state index is -0.899. The first-order chi connectivity index (χ1) is 6.89. The van der Waals surface area contributed by atoms with Crippen molar-refractivity contribution in [3.8, 4) is 0 Å². The molecule has 0 saturated carbocycles. The number of hydrogen-bond donors (Lipinski definition) is 1. The SMILES string of the molecule is COC(C)(C)COCC(C)(C=O)N[PH+]=O. The molecule has 5 nitrogen and oxygen atoms in total. The Bertz CT molecular complexity index is 222. The predicted molar refractivity (Wildman–Crippen MR) is 58.5 cm³/mol. The molecule has 0 aliphatic carbocycles. The molecule has 0 aliphatic heterocycles. The van der Waals surface area contributed by atoms with Gasteiger partial charge in [0.15, 0.2) is 0 Å². The van der Waals surface area contributed by atoms with Crippen molar-refractivity contribution in [2.45, 2.75) is 31.9 Å². The topological polar surface area (TPSA) is 64.6 Å². The third-order valence-electron chi connectivity index (χ3n) is 2.00. The molecule has 0 heterocycles. The van der Waals surface area contributed by atoms with Crippen molar-refractivity contribution in [3.05, 3.63) is 0 Å². The highest BCUT2D eigenvalue weighted by Gasteiger charge is 2.28. The molecule has 6 heteroatoms. The lowest BCUT2D eigenvalue weighted by Crippen LogP contribution is -2.44. The van der Waals surface area contributed by atoms with Crippen LogP contribution in [0.3, 0.4) is 0 Å². The predicted octanol–water partition coefficient (Wildman–Crippen LogP) is 0.914. The largest absolute Gasteiger partial charge is 0.419 e. The van der Waals surface area contributed by atoms with Gasteiger partial charge in [-0.2, -0.15) is 0 Å². The highest BCUT2D eigenvalue weighted by molar-refractivity contribution is 7.21. The summed E-state index contributed by atoms with van der Waals surface area (Å²) in [6.45, 7) is 5.93. The van der Waals surface area contributed by atoms with E-state index in [0.29, 0.717) is 12.9 Å². The highest BCUT2D eigenvalue weighted by Crippen LogP contribution is 2.10. The molecular weight excluding hydrogens is 217 g/mol. The zero-order valence-electron chi connectivity index (χ0n) is 9.62. The van der Waals surface area contributed by atoms with Crippen molar-refractivity contribution in [3.63, 3.8) is 0 Å². The highest BCUT2D eigenvalue weighted by atomic mass is 31.1. The molecular formula is C9H19NO4P+. The number of nitrogens with one attached hydrogen (secondary N) is 1. The number of hydrogen-bond acceptors (Lipinski definition) is 4. The zero-order chi connectivity index (χ0) is 11.9. The van der Waals surface area contributed by atoms with Gasteiger partial charge in [-0.3, -0.25) is 0 Å². The molecule has 15 heavy (non-hydrogen) atoms. The molecule has 88 valence electrons. The maximum atomic E-state index is 10.7. The summed E-state index contributed by atoms with van der Waals surface area (Å²) in [7, 11) is 0.868. The third-order valence-corrected chi connectivity index (χ3v) is 2.67. The first kappa shape index (κ1) is 14.6. The summed E-state index contributed by atoms with van der Waals surface area (Å²) < 4.78 is 20.9. The van der Waals surface area contributed by atoms with Crippen LogP contribution in [0, 0.1) is 0 Å². The minimum Gasteiger partial charge on any atom is -0.376 e. The molecule has 0 aliphatic rings. The first-order valence-electron chi connectivity index (χ1n) is 4.63. The second-order valence-electron chi connectivity index (χ2n) is 4.22. The van der Waals surface area contributed by atoms with Crippen LogP contribution in [0.2, 0.25) is 0 Å². The van der Waals surface area contributed by atoms with Gasteiger partial charge in [-0.1, -0.05) is 9.65 Å². The molecule has 0 radical (unpaired) electrons.